The van der Waals surface area contributed by atoms with Gasteiger partial charge in [-0.3, -0.25) is 4.90 Å². The third kappa shape index (κ3) is 4.22. The molecule has 0 aliphatic carbocycles. The van der Waals surface area contributed by atoms with Crippen molar-refractivity contribution in [1.82, 2.24) is 9.80 Å². The molecular weight excluding hydrogens is 380 g/mol. The van der Waals surface area contributed by atoms with E-state index in [4.69, 9.17) is 16.0 Å². The number of rotatable bonds is 5. The number of halogens is 1. The van der Waals surface area contributed by atoms with Crippen LogP contribution in [-0.2, 0) is 6.54 Å². The van der Waals surface area contributed by atoms with Gasteiger partial charge >= 0.3 is 0 Å². The van der Waals surface area contributed by atoms with Crippen LogP contribution in [0.15, 0.2) is 50.8 Å². The summed E-state index contributed by atoms with van der Waals surface area (Å²) in [5, 5.41) is 11.7. The summed E-state index contributed by atoms with van der Waals surface area (Å²) >= 11 is 7.56. The molecule has 0 saturated carbocycles. The molecule has 2 fully saturated rings. The molecule has 1 aromatic carbocycles. The standard InChI is InChI=1S/C21H27ClN2O2S/c1-23-11-2-9-21(15-25)10-12-24(14-19(21)23)13-17-5-8-20(26-17)27-18-6-3-16(22)4-7-18/h3-8,19,25H,2,9-15H2,1H3/t19-,21-/m1/s1. The minimum absolute atomic E-state index is 0.0856. The number of aliphatic hydroxyl groups is 1. The lowest BCUT2D eigenvalue weighted by atomic mass is 9.69. The van der Waals surface area contributed by atoms with Crippen LogP contribution < -0.4 is 0 Å². The fourth-order valence-electron chi connectivity index (χ4n) is 4.56. The molecule has 6 heteroatoms. The summed E-state index contributed by atoms with van der Waals surface area (Å²) in [6.45, 7) is 4.27. The average molecular weight is 407 g/mol. The van der Waals surface area contributed by atoms with E-state index < -0.39 is 0 Å². The lowest BCUT2D eigenvalue weighted by Gasteiger charge is -2.53. The summed E-state index contributed by atoms with van der Waals surface area (Å²) in [6.07, 6.45) is 3.40. The lowest BCUT2D eigenvalue weighted by molar-refractivity contribution is -0.0695. The zero-order valence-electron chi connectivity index (χ0n) is 15.7. The maximum atomic E-state index is 10.1. The first-order valence-corrected chi connectivity index (χ1v) is 10.8. The van der Waals surface area contributed by atoms with Gasteiger partial charge in [0.2, 0.25) is 0 Å². The highest BCUT2D eigenvalue weighted by Crippen LogP contribution is 2.42. The maximum Gasteiger partial charge on any atom is 0.165 e. The van der Waals surface area contributed by atoms with Crippen LogP contribution in [0.5, 0.6) is 0 Å². The third-order valence-corrected chi connectivity index (χ3v) is 7.33. The van der Waals surface area contributed by atoms with E-state index in [2.05, 4.69) is 22.9 Å². The number of fused-ring (bicyclic) bond motifs is 1. The van der Waals surface area contributed by atoms with Crippen molar-refractivity contribution in [2.75, 3.05) is 33.3 Å². The smallest absolute Gasteiger partial charge is 0.165 e. The van der Waals surface area contributed by atoms with Crippen LogP contribution in [-0.4, -0.2) is 54.2 Å². The topological polar surface area (TPSA) is 39.9 Å². The molecule has 2 aromatic rings. The number of likely N-dealkylation sites (tertiary alicyclic amines) is 2. The molecule has 2 aliphatic rings. The summed E-state index contributed by atoms with van der Waals surface area (Å²) in [5.74, 6) is 1.00. The van der Waals surface area contributed by atoms with Gasteiger partial charge in [-0.1, -0.05) is 23.4 Å². The van der Waals surface area contributed by atoms with Crippen LogP contribution in [0, 0.1) is 5.41 Å². The molecule has 4 rings (SSSR count). The van der Waals surface area contributed by atoms with E-state index in [1.807, 2.05) is 30.3 Å². The minimum Gasteiger partial charge on any atom is -0.453 e. The molecule has 1 N–H and O–H groups in total. The van der Waals surface area contributed by atoms with Crippen molar-refractivity contribution in [3.05, 3.63) is 47.2 Å². The Morgan fingerprint density at radius 2 is 2.00 bits per heavy atom. The van der Waals surface area contributed by atoms with E-state index in [0.29, 0.717) is 12.6 Å². The van der Waals surface area contributed by atoms with Gasteiger partial charge in [-0.05, 0) is 75.8 Å². The van der Waals surface area contributed by atoms with Gasteiger partial charge in [0.25, 0.3) is 0 Å². The van der Waals surface area contributed by atoms with Crippen molar-refractivity contribution in [2.45, 2.75) is 41.8 Å². The van der Waals surface area contributed by atoms with Crippen LogP contribution in [0.25, 0.3) is 0 Å². The Bertz CT molecular complexity index is 766. The number of hydrogen-bond acceptors (Lipinski definition) is 5. The van der Waals surface area contributed by atoms with Crippen LogP contribution in [0.4, 0.5) is 0 Å². The molecule has 2 saturated heterocycles. The van der Waals surface area contributed by atoms with Gasteiger partial charge in [0.05, 0.1) is 13.2 Å². The summed E-state index contributed by atoms with van der Waals surface area (Å²) in [7, 11) is 2.20. The highest BCUT2D eigenvalue weighted by molar-refractivity contribution is 7.99. The molecule has 27 heavy (non-hydrogen) atoms. The van der Waals surface area contributed by atoms with Gasteiger partial charge in [0.15, 0.2) is 5.09 Å². The zero-order chi connectivity index (χ0) is 18.9. The van der Waals surface area contributed by atoms with E-state index in [9.17, 15) is 5.11 Å². The van der Waals surface area contributed by atoms with Crippen LogP contribution in [0.2, 0.25) is 5.02 Å². The summed E-state index contributed by atoms with van der Waals surface area (Å²) in [6, 6.07) is 12.4. The molecule has 4 nitrogen and oxygen atoms in total. The van der Waals surface area contributed by atoms with Gasteiger partial charge in [-0.15, -0.1) is 0 Å². The number of benzene rings is 1. The third-order valence-electron chi connectivity index (χ3n) is 6.14. The molecule has 0 bridgehead atoms. The first-order valence-electron chi connectivity index (χ1n) is 9.64. The predicted octanol–water partition coefficient (Wildman–Crippen LogP) is 4.36. The Morgan fingerprint density at radius 1 is 1.19 bits per heavy atom. The number of likely N-dealkylation sites (N-methyl/N-ethyl adjacent to an activating group) is 1. The van der Waals surface area contributed by atoms with Crippen LogP contribution >= 0.6 is 23.4 Å². The van der Waals surface area contributed by atoms with Gasteiger partial charge in [-0.2, -0.15) is 0 Å². The van der Waals surface area contributed by atoms with E-state index >= 15 is 0 Å². The van der Waals surface area contributed by atoms with Gasteiger partial charge in [0.1, 0.15) is 5.76 Å². The molecule has 0 radical (unpaired) electrons. The van der Waals surface area contributed by atoms with Gasteiger partial charge < -0.3 is 14.4 Å². The SMILES string of the molecule is CN1CCC[C@]2(CO)CCN(Cc3ccc(Sc4ccc(Cl)cc4)o3)C[C@@H]12. The molecule has 2 atom stereocenters. The van der Waals surface area contributed by atoms with E-state index in [0.717, 1.165) is 59.8 Å². The fourth-order valence-corrected chi connectivity index (χ4v) is 5.47. The fraction of sp³-hybridized carbons (Fsp3) is 0.524. The monoisotopic (exact) mass is 406 g/mol. The molecule has 146 valence electrons. The quantitative estimate of drug-likeness (QED) is 0.798. The van der Waals surface area contributed by atoms with Gasteiger partial charge in [-0.25, -0.2) is 0 Å². The largest absolute Gasteiger partial charge is 0.453 e. The molecular formula is C21H27ClN2O2S. The second kappa shape index (κ2) is 8.18. The van der Waals surface area contributed by atoms with Crippen molar-refractivity contribution in [1.29, 1.82) is 0 Å². The Balaban J connectivity index is 1.38. The molecule has 3 heterocycles. The first-order chi connectivity index (χ1) is 13.1. The molecule has 1 aromatic heterocycles. The Labute approximate surface area is 170 Å². The minimum atomic E-state index is 0.0856. The highest BCUT2D eigenvalue weighted by Gasteiger charge is 2.46. The first kappa shape index (κ1) is 19.3. The number of aliphatic hydroxyl groups excluding tert-OH is 1. The van der Waals surface area contributed by atoms with Crippen LogP contribution in [0.3, 0.4) is 0 Å². The second-order valence-corrected chi connectivity index (χ2v) is 9.40. The number of piperidine rings is 2. The van der Waals surface area contributed by atoms with Crippen LogP contribution in [0.1, 0.15) is 25.0 Å². The van der Waals surface area contributed by atoms with Crippen molar-refractivity contribution >= 4 is 23.4 Å². The van der Waals surface area contributed by atoms with Gasteiger partial charge in [0, 0.05) is 27.9 Å². The zero-order valence-corrected chi connectivity index (χ0v) is 17.3. The lowest BCUT2D eigenvalue weighted by Crippen LogP contribution is -2.61. The van der Waals surface area contributed by atoms with Crippen molar-refractivity contribution in [3.8, 4) is 0 Å². The van der Waals surface area contributed by atoms with E-state index in [-0.39, 0.29) is 5.41 Å². The molecule has 0 spiro atoms. The number of hydrogen-bond donors (Lipinski definition) is 1. The summed E-state index contributed by atoms with van der Waals surface area (Å²) in [5.41, 5.74) is 0.0856. The number of nitrogens with zero attached hydrogens (tertiary/aromatic N) is 2. The number of furan rings is 1. The van der Waals surface area contributed by atoms with E-state index in [1.165, 1.54) is 6.42 Å². The van der Waals surface area contributed by atoms with Crippen molar-refractivity contribution in [3.63, 3.8) is 0 Å². The molecule has 0 amide bonds. The second-order valence-electron chi connectivity index (χ2n) is 7.88. The Kier molecular flexibility index (Phi) is 5.86. The average Bonchev–Trinajstić information content (AvgIpc) is 3.11. The Morgan fingerprint density at radius 3 is 2.78 bits per heavy atom. The van der Waals surface area contributed by atoms with Crippen molar-refractivity contribution < 1.29 is 9.52 Å². The highest BCUT2D eigenvalue weighted by atomic mass is 35.5. The normalized spacial score (nSPS) is 26.9. The summed E-state index contributed by atoms with van der Waals surface area (Å²) < 4.78 is 6.06. The predicted molar refractivity (Wildman–Crippen MR) is 109 cm³/mol. The van der Waals surface area contributed by atoms with E-state index in [1.54, 1.807) is 11.8 Å². The van der Waals surface area contributed by atoms with Crippen molar-refractivity contribution in [2.24, 2.45) is 5.41 Å². The maximum absolute atomic E-state index is 10.1. The summed E-state index contributed by atoms with van der Waals surface area (Å²) in [4.78, 5) is 6.03. The Hall–Kier alpha value is -0.980. The molecule has 2 aliphatic heterocycles. The molecule has 0 unspecified atom stereocenters.